The SMILES string of the molecule is Cc1cc(C)c2c3c(sc2n1)C(c1ccccc1F)C(C#N)=C(N)O3. The van der Waals surface area contributed by atoms with Gasteiger partial charge in [-0.1, -0.05) is 18.2 Å². The molecule has 0 fully saturated rings. The van der Waals surface area contributed by atoms with E-state index in [2.05, 4.69) is 11.1 Å². The van der Waals surface area contributed by atoms with Crippen molar-refractivity contribution in [3.05, 3.63) is 69.3 Å². The van der Waals surface area contributed by atoms with Crippen molar-refractivity contribution in [3.63, 3.8) is 0 Å². The Hall–Kier alpha value is -2.91. The first-order chi connectivity index (χ1) is 12.0. The molecule has 124 valence electrons. The van der Waals surface area contributed by atoms with Crippen molar-refractivity contribution >= 4 is 21.6 Å². The molecule has 1 atom stereocenters. The molecule has 0 saturated heterocycles. The number of thiophene rings is 1. The van der Waals surface area contributed by atoms with Crippen LogP contribution in [-0.4, -0.2) is 4.98 Å². The Morgan fingerprint density at radius 3 is 2.80 bits per heavy atom. The number of aryl methyl sites for hydroxylation is 2. The topological polar surface area (TPSA) is 71.9 Å². The van der Waals surface area contributed by atoms with Gasteiger partial charge < -0.3 is 10.5 Å². The molecule has 0 aliphatic carbocycles. The fourth-order valence-electron chi connectivity index (χ4n) is 3.28. The van der Waals surface area contributed by atoms with E-state index in [1.54, 1.807) is 18.2 Å². The quantitative estimate of drug-likeness (QED) is 0.711. The highest BCUT2D eigenvalue weighted by atomic mass is 32.1. The van der Waals surface area contributed by atoms with E-state index in [0.717, 1.165) is 26.4 Å². The summed E-state index contributed by atoms with van der Waals surface area (Å²) >= 11 is 1.42. The van der Waals surface area contributed by atoms with Crippen LogP contribution >= 0.6 is 11.3 Å². The van der Waals surface area contributed by atoms with Gasteiger partial charge in [-0.15, -0.1) is 11.3 Å². The van der Waals surface area contributed by atoms with E-state index in [-0.39, 0.29) is 17.3 Å². The molecule has 1 aromatic carbocycles. The van der Waals surface area contributed by atoms with Crippen molar-refractivity contribution < 1.29 is 9.13 Å². The third-order valence-electron chi connectivity index (χ3n) is 4.33. The van der Waals surface area contributed by atoms with Crippen molar-refractivity contribution in [3.8, 4) is 11.8 Å². The molecule has 4 nitrogen and oxygen atoms in total. The second-order valence-corrected chi connectivity index (χ2v) is 7.03. The van der Waals surface area contributed by atoms with Crippen molar-refractivity contribution in [2.75, 3.05) is 0 Å². The standard InChI is InChI=1S/C19H14FN3OS/c1-9-7-10(2)23-19-14(9)16-17(25-19)15(12(8-21)18(22)24-16)11-5-3-4-6-13(11)20/h3-7,15H,22H2,1-2H3. The molecule has 0 bridgehead atoms. The highest BCUT2D eigenvalue weighted by molar-refractivity contribution is 7.19. The second-order valence-electron chi connectivity index (χ2n) is 6.00. The number of allylic oxidation sites excluding steroid dienone is 1. The van der Waals surface area contributed by atoms with Gasteiger partial charge in [-0.25, -0.2) is 9.37 Å². The van der Waals surface area contributed by atoms with Gasteiger partial charge in [-0.3, -0.25) is 0 Å². The van der Waals surface area contributed by atoms with Gasteiger partial charge >= 0.3 is 0 Å². The Labute approximate surface area is 148 Å². The first-order valence-electron chi connectivity index (χ1n) is 7.74. The third-order valence-corrected chi connectivity index (χ3v) is 5.46. The van der Waals surface area contributed by atoms with E-state index < -0.39 is 5.92 Å². The number of pyridine rings is 1. The van der Waals surface area contributed by atoms with Crippen molar-refractivity contribution in [2.45, 2.75) is 19.8 Å². The lowest BCUT2D eigenvalue weighted by Gasteiger charge is -2.24. The molecule has 2 aromatic heterocycles. The van der Waals surface area contributed by atoms with Crippen LogP contribution in [-0.2, 0) is 0 Å². The minimum absolute atomic E-state index is 0.0166. The molecule has 1 aliphatic rings. The van der Waals surface area contributed by atoms with E-state index in [1.807, 2.05) is 19.9 Å². The molecule has 0 spiro atoms. The molecule has 6 heteroatoms. The summed E-state index contributed by atoms with van der Waals surface area (Å²) in [7, 11) is 0. The summed E-state index contributed by atoms with van der Waals surface area (Å²) in [6.07, 6.45) is 0. The number of nitrogens with two attached hydrogens (primary N) is 1. The highest BCUT2D eigenvalue weighted by Gasteiger charge is 2.35. The predicted octanol–water partition coefficient (Wildman–Crippen LogP) is 4.27. The maximum Gasteiger partial charge on any atom is 0.205 e. The first kappa shape index (κ1) is 15.6. The Kier molecular flexibility index (Phi) is 3.48. The van der Waals surface area contributed by atoms with Gasteiger partial charge in [-0.2, -0.15) is 5.26 Å². The largest absolute Gasteiger partial charge is 0.439 e. The molecular weight excluding hydrogens is 337 g/mol. The van der Waals surface area contributed by atoms with Crippen LogP contribution in [0.2, 0.25) is 0 Å². The fraction of sp³-hybridized carbons (Fsp3) is 0.158. The predicted molar refractivity (Wildman–Crippen MR) is 94.8 cm³/mol. The van der Waals surface area contributed by atoms with E-state index >= 15 is 0 Å². The average Bonchev–Trinajstić information content (AvgIpc) is 2.92. The van der Waals surface area contributed by atoms with Crippen LogP contribution < -0.4 is 10.5 Å². The molecule has 0 amide bonds. The van der Waals surface area contributed by atoms with Gasteiger partial charge in [0.25, 0.3) is 0 Å². The number of ether oxygens (including phenoxy) is 1. The number of nitrogens with zero attached hydrogens (tertiary/aromatic N) is 2. The zero-order valence-corrected chi connectivity index (χ0v) is 14.4. The van der Waals surface area contributed by atoms with Gasteiger partial charge in [0.15, 0.2) is 5.75 Å². The lowest BCUT2D eigenvalue weighted by Crippen LogP contribution is -2.20. The molecule has 1 aliphatic heterocycles. The van der Waals surface area contributed by atoms with Gasteiger partial charge in [0.1, 0.15) is 22.3 Å². The zero-order valence-electron chi connectivity index (χ0n) is 13.6. The monoisotopic (exact) mass is 351 g/mol. The number of hydrogen-bond donors (Lipinski definition) is 1. The number of halogens is 1. The number of nitriles is 1. The van der Waals surface area contributed by atoms with Crippen LogP contribution in [0.4, 0.5) is 4.39 Å². The molecular formula is C19H14FN3OS. The minimum atomic E-state index is -0.589. The minimum Gasteiger partial charge on any atom is -0.439 e. The number of aromatic nitrogens is 1. The molecule has 25 heavy (non-hydrogen) atoms. The summed E-state index contributed by atoms with van der Waals surface area (Å²) in [5, 5.41) is 10.4. The lowest BCUT2D eigenvalue weighted by atomic mass is 9.88. The Morgan fingerprint density at radius 2 is 2.08 bits per heavy atom. The Balaban J connectivity index is 2.07. The van der Waals surface area contributed by atoms with E-state index in [4.69, 9.17) is 10.5 Å². The summed E-state index contributed by atoms with van der Waals surface area (Å²) in [5.41, 5.74) is 8.55. The Bertz CT molecular complexity index is 1090. The van der Waals surface area contributed by atoms with E-state index in [9.17, 15) is 9.65 Å². The summed E-state index contributed by atoms with van der Waals surface area (Å²) in [4.78, 5) is 6.13. The first-order valence-corrected chi connectivity index (χ1v) is 8.55. The molecule has 1 unspecified atom stereocenters. The Morgan fingerprint density at radius 1 is 1.32 bits per heavy atom. The third kappa shape index (κ3) is 2.28. The van der Waals surface area contributed by atoms with Crippen LogP contribution in [0.5, 0.6) is 5.75 Å². The van der Waals surface area contributed by atoms with Crippen LogP contribution in [0.1, 0.15) is 27.6 Å². The van der Waals surface area contributed by atoms with Crippen molar-refractivity contribution in [2.24, 2.45) is 5.73 Å². The van der Waals surface area contributed by atoms with Gasteiger partial charge in [0.2, 0.25) is 5.88 Å². The molecule has 0 saturated carbocycles. The molecule has 3 aromatic rings. The summed E-state index contributed by atoms with van der Waals surface area (Å²) in [6, 6.07) is 10.5. The maximum absolute atomic E-state index is 14.5. The highest BCUT2D eigenvalue weighted by Crippen LogP contribution is 2.51. The second kappa shape index (κ2) is 5.57. The molecule has 0 radical (unpaired) electrons. The summed E-state index contributed by atoms with van der Waals surface area (Å²) in [5.74, 6) is -0.370. The maximum atomic E-state index is 14.5. The van der Waals surface area contributed by atoms with Crippen LogP contribution in [0.3, 0.4) is 0 Å². The zero-order chi connectivity index (χ0) is 17.7. The van der Waals surface area contributed by atoms with Crippen LogP contribution in [0, 0.1) is 31.0 Å². The number of hydrogen-bond acceptors (Lipinski definition) is 5. The summed E-state index contributed by atoms with van der Waals surface area (Å²) < 4.78 is 20.3. The molecule has 3 heterocycles. The lowest BCUT2D eigenvalue weighted by molar-refractivity contribution is 0.400. The van der Waals surface area contributed by atoms with Crippen LogP contribution in [0.15, 0.2) is 41.8 Å². The number of fused-ring (bicyclic) bond motifs is 3. The van der Waals surface area contributed by atoms with Gasteiger partial charge in [0, 0.05) is 11.3 Å². The fourth-order valence-corrected chi connectivity index (χ4v) is 4.63. The van der Waals surface area contributed by atoms with Crippen molar-refractivity contribution in [1.82, 2.24) is 4.98 Å². The average molecular weight is 351 g/mol. The normalized spacial score (nSPS) is 16.5. The summed E-state index contributed by atoms with van der Waals surface area (Å²) in [6.45, 7) is 3.90. The molecule has 2 N–H and O–H groups in total. The van der Waals surface area contributed by atoms with E-state index in [0.29, 0.717) is 11.3 Å². The van der Waals surface area contributed by atoms with Crippen LogP contribution in [0.25, 0.3) is 10.2 Å². The number of benzene rings is 1. The van der Waals surface area contributed by atoms with Gasteiger partial charge in [0.05, 0.1) is 16.2 Å². The molecule has 4 rings (SSSR count). The van der Waals surface area contributed by atoms with Gasteiger partial charge in [-0.05, 0) is 31.5 Å². The van der Waals surface area contributed by atoms with E-state index in [1.165, 1.54) is 17.4 Å². The van der Waals surface area contributed by atoms with Crippen molar-refractivity contribution in [1.29, 1.82) is 5.26 Å². The smallest absolute Gasteiger partial charge is 0.205 e. The number of rotatable bonds is 1.